The van der Waals surface area contributed by atoms with E-state index in [0.717, 1.165) is 11.1 Å². The van der Waals surface area contributed by atoms with Gasteiger partial charge in [-0.1, -0.05) is 61.8 Å². The summed E-state index contributed by atoms with van der Waals surface area (Å²) in [6.07, 6.45) is 0. The van der Waals surface area contributed by atoms with Crippen LogP contribution in [0.2, 0.25) is 5.02 Å². The van der Waals surface area contributed by atoms with Gasteiger partial charge in [0, 0.05) is 11.1 Å². The van der Waals surface area contributed by atoms with Crippen molar-refractivity contribution >= 4 is 17.3 Å². The van der Waals surface area contributed by atoms with E-state index in [9.17, 15) is 0 Å². The fourth-order valence-corrected chi connectivity index (χ4v) is 2.37. The van der Waals surface area contributed by atoms with E-state index < -0.39 is 0 Å². The van der Waals surface area contributed by atoms with Crippen LogP contribution < -0.4 is 5.73 Å². The number of nitrogens with zero attached hydrogens (tertiary/aromatic N) is 2. The van der Waals surface area contributed by atoms with Gasteiger partial charge in [0.2, 0.25) is 5.82 Å². The maximum atomic E-state index is 5.93. The van der Waals surface area contributed by atoms with Gasteiger partial charge >= 0.3 is 0 Å². The number of halogens is 1. The molecule has 0 saturated heterocycles. The Morgan fingerprint density at radius 2 is 1.65 bits per heavy atom. The van der Waals surface area contributed by atoms with Crippen molar-refractivity contribution in [2.45, 2.75) is 26.2 Å². The third-order valence-corrected chi connectivity index (χ3v) is 4.02. The molecule has 1 aromatic heterocycles. The van der Waals surface area contributed by atoms with Gasteiger partial charge in [0.15, 0.2) is 0 Å². The standard InChI is InChI=1S/C18H18ClN3O/c1-18(2,3)13-7-4-11(5-8-13)16-21-17(23-22-16)12-6-9-14(19)15(20)10-12/h4-10H,20H2,1-3H3. The van der Waals surface area contributed by atoms with Gasteiger partial charge < -0.3 is 10.3 Å². The number of rotatable bonds is 2. The summed E-state index contributed by atoms with van der Waals surface area (Å²) in [6, 6.07) is 13.4. The molecule has 0 amide bonds. The van der Waals surface area contributed by atoms with E-state index in [0.29, 0.717) is 22.4 Å². The van der Waals surface area contributed by atoms with Gasteiger partial charge in [-0.3, -0.25) is 0 Å². The summed E-state index contributed by atoms with van der Waals surface area (Å²) in [5, 5.41) is 4.55. The average molecular weight is 328 g/mol. The highest BCUT2D eigenvalue weighted by molar-refractivity contribution is 6.33. The van der Waals surface area contributed by atoms with Crippen molar-refractivity contribution in [2.75, 3.05) is 5.73 Å². The van der Waals surface area contributed by atoms with Crippen molar-refractivity contribution in [1.29, 1.82) is 0 Å². The first-order chi connectivity index (χ1) is 10.8. The predicted octanol–water partition coefficient (Wildman–Crippen LogP) is 4.94. The summed E-state index contributed by atoms with van der Waals surface area (Å²) in [5.74, 6) is 0.970. The second kappa shape index (κ2) is 5.70. The Morgan fingerprint density at radius 1 is 1.00 bits per heavy atom. The first kappa shape index (κ1) is 15.6. The van der Waals surface area contributed by atoms with Crippen molar-refractivity contribution in [3.8, 4) is 22.8 Å². The molecule has 118 valence electrons. The molecule has 0 aliphatic heterocycles. The lowest BCUT2D eigenvalue weighted by Crippen LogP contribution is -2.10. The number of benzene rings is 2. The summed E-state index contributed by atoms with van der Waals surface area (Å²) < 4.78 is 5.34. The Balaban J connectivity index is 1.91. The molecule has 0 unspecified atom stereocenters. The fourth-order valence-electron chi connectivity index (χ4n) is 2.25. The van der Waals surface area contributed by atoms with E-state index in [4.69, 9.17) is 21.9 Å². The van der Waals surface area contributed by atoms with Crippen LogP contribution in [0.3, 0.4) is 0 Å². The molecule has 0 fully saturated rings. The van der Waals surface area contributed by atoms with Crippen LogP contribution in [0, 0.1) is 0 Å². The van der Waals surface area contributed by atoms with E-state index >= 15 is 0 Å². The summed E-state index contributed by atoms with van der Waals surface area (Å²) in [7, 11) is 0. The third-order valence-electron chi connectivity index (χ3n) is 3.68. The molecule has 0 radical (unpaired) electrons. The highest BCUT2D eigenvalue weighted by atomic mass is 35.5. The fraction of sp³-hybridized carbons (Fsp3) is 0.222. The van der Waals surface area contributed by atoms with Crippen LogP contribution in [-0.4, -0.2) is 10.1 Å². The summed E-state index contributed by atoms with van der Waals surface area (Å²) in [6.45, 7) is 6.54. The molecule has 0 saturated carbocycles. The molecule has 0 aliphatic carbocycles. The minimum Gasteiger partial charge on any atom is -0.398 e. The van der Waals surface area contributed by atoms with Crippen LogP contribution in [0.15, 0.2) is 47.0 Å². The van der Waals surface area contributed by atoms with Gasteiger partial charge in [0.05, 0.1) is 10.7 Å². The lowest BCUT2D eigenvalue weighted by molar-refractivity contribution is 0.432. The molecule has 0 spiro atoms. The highest BCUT2D eigenvalue weighted by Crippen LogP contribution is 2.28. The molecule has 0 aliphatic rings. The summed E-state index contributed by atoms with van der Waals surface area (Å²) in [5.41, 5.74) is 9.33. The maximum Gasteiger partial charge on any atom is 0.258 e. The molecular formula is C18H18ClN3O. The van der Waals surface area contributed by atoms with Gasteiger partial charge in [0.1, 0.15) is 0 Å². The van der Waals surface area contributed by atoms with Crippen molar-refractivity contribution in [2.24, 2.45) is 0 Å². The van der Waals surface area contributed by atoms with Crippen LogP contribution in [0.5, 0.6) is 0 Å². The van der Waals surface area contributed by atoms with E-state index in [-0.39, 0.29) is 5.41 Å². The van der Waals surface area contributed by atoms with Crippen molar-refractivity contribution in [3.05, 3.63) is 53.1 Å². The molecule has 23 heavy (non-hydrogen) atoms. The van der Waals surface area contributed by atoms with Crippen molar-refractivity contribution in [3.63, 3.8) is 0 Å². The summed E-state index contributed by atoms with van der Waals surface area (Å²) in [4.78, 5) is 4.44. The van der Waals surface area contributed by atoms with Gasteiger partial charge in [-0.25, -0.2) is 0 Å². The van der Waals surface area contributed by atoms with E-state index in [2.05, 4.69) is 43.0 Å². The summed E-state index contributed by atoms with van der Waals surface area (Å²) >= 11 is 5.93. The van der Waals surface area contributed by atoms with Crippen LogP contribution in [0.4, 0.5) is 5.69 Å². The first-order valence-electron chi connectivity index (χ1n) is 7.34. The minimum atomic E-state index is 0.113. The highest BCUT2D eigenvalue weighted by Gasteiger charge is 2.15. The predicted molar refractivity (Wildman–Crippen MR) is 93.3 cm³/mol. The SMILES string of the molecule is CC(C)(C)c1ccc(-c2noc(-c3ccc(Cl)c(N)c3)n2)cc1. The van der Waals surface area contributed by atoms with Crippen LogP contribution in [-0.2, 0) is 5.41 Å². The lowest BCUT2D eigenvalue weighted by atomic mass is 9.87. The molecular weight excluding hydrogens is 310 g/mol. The smallest absolute Gasteiger partial charge is 0.258 e. The molecule has 3 rings (SSSR count). The Kier molecular flexibility index (Phi) is 3.86. The average Bonchev–Trinajstić information content (AvgIpc) is 2.99. The number of aromatic nitrogens is 2. The van der Waals surface area contributed by atoms with Crippen LogP contribution in [0.25, 0.3) is 22.8 Å². The van der Waals surface area contributed by atoms with Crippen LogP contribution in [0.1, 0.15) is 26.3 Å². The van der Waals surface area contributed by atoms with Gasteiger partial charge in [-0.05, 0) is 29.2 Å². The second-order valence-electron chi connectivity index (χ2n) is 6.49. The zero-order valence-corrected chi connectivity index (χ0v) is 14.1. The Morgan fingerprint density at radius 3 is 2.26 bits per heavy atom. The Hall–Kier alpha value is -2.33. The molecule has 0 atom stereocenters. The molecule has 4 nitrogen and oxygen atoms in total. The molecule has 2 N–H and O–H groups in total. The number of anilines is 1. The number of nitrogens with two attached hydrogens (primary N) is 1. The van der Waals surface area contributed by atoms with E-state index in [1.54, 1.807) is 18.2 Å². The van der Waals surface area contributed by atoms with Gasteiger partial charge in [-0.15, -0.1) is 0 Å². The van der Waals surface area contributed by atoms with Crippen molar-refractivity contribution in [1.82, 2.24) is 10.1 Å². The minimum absolute atomic E-state index is 0.113. The number of hydrogen-bond acceptors (Lipinski definition) is 4. The Bertz CT molecular complexity index is 832. The zero-order valence-electron chi connectivity index (χ0n) is 13.3. The molecule has 3 aromatic rings. The van der Waals surface area contributed by atoms with Crippen LogP contribution >= 0.6 is 11.6 Å². The van der Waals surface area contributed by atoms with Crippen molar-refractivity contribution < 1.29 is 4.52 Å². The van der Waals surface area contributed by atoms with E-state index in [1.807, 2.05) is 12.1 Å². The van der Waals surface area contributed by atoms with Gasteiger partial charge in [0.25, 0.3) is 5.89 Å². The topological polar surface area (TPSA) is 64.9 Å². The normalized spacial score (nSPS) is 11.7. The van der Waals surface area contributed by atoms with E-state index in [1.165, 1.54) is 5.56 Å². The first-order valence-corrected chi connectivity index (χ1v) is 7.72. The monoisotopic (exact) mass is 327 g/mol. The maximum absolute atomic E-state index is 5.93. The molecule has 5 heteroatoms. The molecule has 1 heterocycles. The Labute approximate surface area is 140 Å². The second-order valence-corrected chi connectivity index (χ2v) is 6.89. The lowest BCUT2D eigenvalue weighted by Gasteiger charge is -2.18. The molecule has 2 aromatic carbocycles. The quantitative estimate of drug-likeness (QED) is 0.677. The number of nitrogen functional groups attached to an aromatic ring is 1. The van der Waals surface area contributed by atoms with Gasteiger partial charge in [-0.2, -0.15) is 4.98 Å². The zero-order chi connectivity index (χ0) is 16.6. The molecule has 0 bridgehead atoms. The largest absolute Gasteiger partial charge is 0.398 e. The number of hydrogen-bond donors (Lipinski definition) is 1. The third kappa shape index (κ3) is 3.22.